The Balaban J connectivity index is 1.82. The van der Waals surface area contributed by atoms with Crippen LogP contribution in [0.4, 0.5) is 0 Å². The van der Waals surface area contributed by atoms with Crippen LogP contribution in [0.5, 0.6) is 0 Å². The van der Waals surface area contributed by atoms with Crippen LogP contribution in [0, 0.1) is 11.3 Å². The second-order valence-corrected chi connectivity index (χ2v) is 6.62. The smallest absolute Gasteiger partial charge is 0.314 e. The van der Waals surface area contributed by atoms with E-state index in [1.165, 1.54) is 0 Å². The first-order chi connectivity index (χ1) is 11.5. The van der Waals surface area contributed by atoms with Gasteiger partial charge in [-0.3, -0.25) is 9.59 Å². The summed E-state index contributed by atoms with van der Waals surface area (Å²) in [5.41, 5.74) is 0.796. The monoisotopic (exact) mass is 329 g/mol. The number of nitrogens with zero attached hydrogens (tertiary/aromatic N) is 3. The van der Waals surface area contributed by atoms with E-state index in [1.54, 1.807) is 23.4 Å². The molecule has 2 aromatic rings. The number of imidazole rings is 1. The van der Waals surface area contributed by atoms with E-state index >= 15 is 0 Å². The van der Waals surface area contributed by atoms with E-state index in [0.29, 0.717) is 31.7 Å². The highest BCUT2D eigenvalue weighted by atomic mass is 16.5. The summed E-state index contributed by atoms with van der Waals surface area (Å²) >= 11 is 0. The quantitative estimate of drug-likeness (QED) is 0.808. The van der Waals surface area contributed by atoms with Crippen molar-refractivity contribution in [3.63, 3.8) is 0 Å². The number of amides is 1. The third-order valence-electron chi connectivity index (χ3n) is 5.01. The zero-order valence-electron chi connectivity index (χ0n) is 14.4. The van der Waals surface area contributed by atoms with Gasteiger partial charge in [0.25, 0.3) is 5.91 Å². The van der Waals surface area contributed by atoms with Crippen molar-refractivity contribution < 1.29 is 14.3 Å². The van der Waals surface area contributed by atoms with E-state index in [1.807, 2.05) is 37.4 Å². The fourth-order valence-electron chi connectivity index (χ4n) is 3.38. The molecule has 1 amide bonds. The molecule has 0 aromatic carbocycles. The minimum atomic E-state index is -0.606. The van der Waals surface area contributed by atoms with Gasteiger partial charge in [-0.1, -0.05) is 13.8 Å². The number of ether oxygens (including phenoxy) is 1. The summed E-state index contributed by atoms with van der Waals surface area (Å²) < 4.78 is 7.11. The topological polar surface area (TPSA) is 63.9 Å². The number of hydrogen-bond acceptors (Lipinski definition) is 4. The summed E-state index contributed by atoms with van der Waals surface area (Å²) in [5, 5.41) is 0. The standard InChI is InChI=1S/C18H23N3O3/c1-4-24-17(23)18(13(2)3)7-9-21(12-18)16(22)14-5-6-15-19-8-10-20(15)11-14/h5-6,8,10-11,13H,4,7,9,12H2,1-3H3. The molecule has 0 saturated carbocycles. The van der Waals surface area contributed by atoms with Crippen LogP contribution < -0.4 is 0 Å². The van der Waals surface area contributed by atoms with Crippen LogP contribution in [-0.2, 0) is 9.53 Å². The first-order valence-corrected chi connectivity index (χ1v) is 8.37. The van der Waals surface area contributed by atoms with Gasteiger partial charge in [-0.2, -0.15) is 0 Å². The maximum atomic E-state index is 12.8. The van der Waals surface area contributed by atoms with Crippen molar-refractivity contribution >= 4 is 17.5 Å². The van der Waals surface area contributed by atoms with E-state index in [4.69, 9.17) is 4.74 Å². The molecule has 1 aliphatic rings. The maximum absolute atomic E-state index is 12.8. The van der Waals surface area contributed by atoms with E-state index in [-0.39, 0.29) is 17.8 Å². The summed E-state index contributed by atoms with van der Waals surface area (Å²) in [6.07, 6.45) is 5.93. The molecule has 3 heterocycles. The predicted molar refractivity (Wildman–Crippen MR) is 89.6 cm³/mol. The third kappa shape index (κ3) is 2.66. The van der Waals surface area contributed by atoms with Crippen molar-refractivity contribution in [1.29, 1.82) is 0 Å². The Bertz CT molecular complexity index is 768. The number of carbonyl (C=O) groups is 2. The fraction of sp³-hybridized carbons (Fsp3) is 0.500. The Hall–Kier alpha value is -2.37. The van der Waals surface area contributed by atoms with Crippen LogP contribution in [0.15, 0.2) is 30.7 Å². The summed E-state index contributed by atoms with van der Waals surface area (Å²) in [6.45, 7) is 7.18. The molecule has 1 aliphatic heterocycles. The number of likely N-dealkylation sites (tertiary alicyclic amines) is 1. The van der Waals surface area contributed by atoms with Crippen molar-refractivity contribution in [3.8, 4) is 0 Å². The molecule has 6 nitrogen and oxygen atoms in total. The lowest BCUT2D eigenvalue weighted by Gasteiger charge is -2.30. The van der Waals surface area contributed by atoms with Gasteiger partial charge in [-0.25, -0.2) is 4.98 Å². The molecule has 1 fully saturated rings. The number of carbonyl (C=O) groups excluding carboxylic acids is 2. The molecular formula is C18H23N3O3. The molecular weight excluding hydrogens is 306 g/mol. The number of esters is 1. The zero-order chi connectivity index (χ0) is 17.3. The van der Waals surface area contributed by atoms with Gasteiger partial charge >= 0.3 is 5.97 Å². The molecule has 3 rings (SSSR count). The van der Waals surface area contributed by atoms with Gasteiger partial charge in [0, 0.05) is 31.7 Å². The predicted octanol–water partition coefficient (Wildman–Crippen LogP) is 2.39. The number of pyridine rings is 1. The molecule has 0 radical (unpaired) electrons. The Morgan fingerprint density at radius 2 is 2.17 bits per heavy atom. The first-order valence-electron chi connectivity index (χ1n) is 8.37. The maximum Gasteiger partial charge on any atom is 0.314 e. The summed E-state index contributed by atoms with van der Waals surface area (Å²) in [6, 6.07) is 3.61. The van der Waals surface area contributed by atoms with Gasteiger partial charge < -0.3 is 14.0 Å². The molecule has 24 heavy (non-hydrogen) atoms. The number of aromatic nitrogens is 2. The van der Waals surface area contributed by atoms with Gasteiger partial charge in [0.2, 0.25) is 0 Å². The van der Waals surface area contributed by atoms with Gasteiger partial charge in [-0.15, -0.1) is 0 Å². The van der Waals surface area contributed by atoms with Crippen LogP contribution in [0.1, 0.15) is 37.6 Å². The van der Waals surface area contributed by atoms with Crippen LogP contribution >= 0.6 is 0 Å². The lowest BCUT2D eigenvalue weighted by atomic mass is 9.76. The van der Waals surface area contributed by atoms with Crippen LogP contribution in [-0.4, -0.2) is 45.9 Å². The fourth-order valence-corrected chi connectivity index (χ4v) is 3.38. The Kier molecular flexibility index (Phi) is 4.30. The molecule has 2 aromatic heterocycles. The number of rotatable bonds is 4. The summed E-state index contributed by atoms with van der Waals surface area (Å²) in [4.78, 5) is 31.3. The van der Waals surface area contributed by atoms with Gasteiger partial charge in [0.05, 0.1) is 17.6 Å². The second kappa shape index (κ2) is 6.26. The molecule has 1 unspecified atom stereocenters. The number of fused-ring (bicyclic) bond motifs is 1. The molecule has 6 heteroatoms. The highest BCUT2D eigenvalue weighted by Gasteiger charge is 2.49. The molecule has 128 valence electrons. The third-order valence-corrected chi connectivity index (χ3v) is 5.01. The molecule has 0 spiro atoms. The van der Waals surface area contributed by atoms with Crippen molar-refractivity contribution in [3.05, 3.63) is 36.3 Å². The van der Waals surface area contributed by atoms with Crippen molar-refractivity contribution in [2.24, 2.45) is 11.3 Å². The van der Waals surface area contributed by atoms with E-state index in [2.05, 4.69) is 4.98 Å². The minimum absolute atomic E-state index is 0.0579. The van der Waals surface area contributed by atoms with E-state index in [0.717, 1.165) is 5.65 Å². The van der Waals surface area contributed by atoms with Crippen LogP contribution in [0.2, 0.25) is 0 Å². The summed E-state index contributed by atoms with van der Waals surface area (Å²) in [5.74, 6) is -0.136. The second-order valence-electron chi connectivity index (χ2n) is 6.62. The molecule has 0 bridgehead atoms. The average molecular weight is 329 g/mol. The highest BCUT2D eigenvalue weighted by molar-refractivity contribution is 5.95. The lowest BCUT2D eigenvalue weighted by molar-refractivity contribution is -0.157. The molecule has 0 aliphatic carbocycles. The van der Waals surface area contributed by atoms with Gasteiger partial charge in [0.15, 0.2) is 0 Å². The largest absolute Gasteiger partial charge is 0.466 e. The highest BCUT2D eigenvalue weighted by Crippen LogP contribution is 2.39. The first kappa shape index (κ1) is 16.5. The molecule has 1 saturated heterocycles. The van der Waals surface area contributed by atoms with Crippen molar-refractivity contribution in [2.75, 3.05) is 19.7 Å². The minimum Gasteiger partial charge on any atom is -0.466 e. The van der Waals surface area contributed by atoms with Crippen LogP contribution in [0.25, 0.3) is 5.65 Å². The van der Waals surface area contributed by atoms with Crippen LogP contribution in [0.3, 0.4) is 0 Å². The van der Waals surface area contributed by atoms with E-state index < -0.39 is 5.41 Å². The normalized spacial score (nSPS) is 20.8. The number of hydrogen-bond donors (Lipinski definition) is 0. The molecule has 0 N–H and O–H groups in total. The Morgan fingerprint density at radius 3 is 2.88 bits per heavy atom. The van der Waals surface area contributed by atoms with E-state index in [9.17, 15) is 9.59 Å². The zero-order valence-corrected chi connectivity index (χ0v) is 14.4. The van der Waals surface area contributed by atoms with Gasteiger partial charge in [0.1, 0.15) is 5.65 Å². The lowest BCUT2D eigenvalue weighted by Crippen LogP contribution is -2.41. The average Bonchev–Trinajstić information content (AvgIpc) is 3.21. The van der Waals surface area contributed by atoms with Crippen molar-refractivity contribution in [1.82, 2.24) is 14.3 Å². The SMILES string of the molecule is CCOC(=O)C1(C(C)C)CCN(C(=O)c2ccc3nccn3c2)C1. The Morgan fingerprint density at radius 1 is 1.38 bits per heavy atom. The molecule has 1 atom stereocenters. The Labute approximate surface area is 141 Å². The summed E-state index contributed by atoms with van der Waals surface area (Å²) in [7, 11) is 0. The van der Waals surface area contributed by atoms with Gasteiger partial charge in [-0.05, 0) is 31.4 Å². The van der Waals surface area contributed by atoms with Crippen molar-refractivity contribution in [2.45, 2.75) is 27.2 Å².